The van der Waals surface area contributed by atoms with Crippen molar-refractivity contribution in [2.45, 2.75) is 75.7 Å². The second-order valence-corrected chi connectivity index (χ2v) is 13.0. The number of carbonyl (C=O) groups excluding carboxylic acids is 2. The average Bonchev–Trinajstić information content (AvgIpc) is 3.12. The van der Waals surface area contributed by atoms with Crippen LogP contribution in [0.4, 0.5) is 0 Å². The topological polar surface area (TPSA) is 124 Å². The standard InChI is InChI=1S/C38H43N3O6S/c1-27(43)39-19-5-2-3-13-36(44)40-24-29-9-7-10-31(21-29)32-11-8-12-33(22-32)38-46-34(26-48-37-14-4-6-20-41(37)45)23-35(47-38)30-17-15-28(25-42)16-18-30/h4,6-12,14-18,20-22,34-35,38,42H,2-3,5,13,19,23-26H2,1H3,(H,39,43)(H,40,44). The fraction of sp³-hybridized carbons (Fsp3) is 0.342. The van der Waals surface area contributed by atoms with Crippen molar-refractivity contribution in [1.29, 1.82) is 0 Å². The van der Waals surface area contributed by atoms with Crippen LogP contribution in [0.25, 0.3) is 11.1 Å². The highest BCUT2D eigenvalue weighted by molar-refractivity contribution is 7.99. The molecule has 3 aromatic carbocycles. The maximum Gasteiger partial charge on any atom is 0.251 e. The van der Waals surface area contributed by atoms with Crippen molar-refractivity contribution in [1.82, 2.24) is 10.6 Å². The summed E-state index contributed by atoms with van der Waals surface area (Å²) in [6, 6.07) is 29.4. The summed E-state index contributed by atoms with van der Waals surface area (Å²) in [5, 5.41) is 28.2. The minimum Gasteiger partial charge on any atom is -0.618 e. The highest BCUT2D eigenvalue weighted by Crippen LogP contribution is 2.40. The summed E-state index contributed by atoms with van der Waals surface area (Å²) in [5.74, 6) is 0.566. The van der Waals surface area contributed by atoms with E-state index in [1.54, 1.807) is 12.1 Å². The maximum atomic E-state index is 12.4. The molecule has 2 amide bonds. The van der Waals surface area contributed by atoms with Crippen LogP contribution in [-0.2, 0) is 32.2 Å². The Morgan fingerprint density at radius 1 is 0.875 bits per heavy atom. The van der Waals surface area contributed by atoms with Gasteiger partial charge in [0.2, 0.25) is 11.8 Å². The number of aromatic nitrogens is 1. The second kappa shape index (κ2) is 17.8. The van der Waals surface area contributed by atoms with E-state index in [0.717, 1.165) is 57.4 Å². The lowest BCUT2D eigenvalue weighted by Gasteiger charge is -2.36. The van der Waals surface area contributed by atoms with Crippen LogP contribution in [0, 0.1) is 5.21 Å². The number of benzene rings is 3. The molecule has 1 saturated heterocycles. The number of hydrogen-bond donors (Lipinski definition) is 3. The molecule has 1 fully saturated rings. The summed E-state index contributed by atoms with van der Waals surface area (Å²) in [7, 11) is 0. The van der Waals surface area contributed by atoms with Crippen LogP contribution in [0.15, 0.2) is 102 Å². The Labute approximate surface area is 286 Å². The van der Waals surface area contributed by atoms with Gasteiger partial charge in [-0.1, -0.05) is 78.8 Å². The quantitative estimate of drug-likeness (QED) is 0.0602. The molecule has 48 heavy (non-hydrogen) atoms. The number of unbranched alkanes of at least 4 members (excludes halogenated alkanes) is 2. The van der Waals surface area contributed by atoms with Gasteiger partial charge >= 0.3 is 0 Å². The number of thioether (sulfide) groups is 1. The molecule has 252 valence electrons. The van der Waals surface area contributed by atoms with Crippen molar-refractivity contribution in [3.05, 3.63) is 125 Å². The number of carbonyl (C=O) groups is 2. The molecule has 3 atom stereocenters. The molecule has 0 saturated carbocycles. The smallest absolute Gasteiger partial charge is 0.251 e. The van der Waals surface area contributed by atoms with Gasteiger partial charge in [-0.2, -0.15) is 4.73 Å². The number of nitrogens with zero attached hydrogens (tertiary/aromatic N) is 1. The van der Waals surface area contributed by atoms with E-state index in [0.29, 0.717) is 36.7 Å². The number of hydrogen-bond acceptors (Lipinski definition) is 7. The number of amides is 2. The predicted octanol–water partition coefficient (Wildman–Crippen LogP) is 6.13. The van der Waals surface area contributed by atoms with E-state index < -0.39 is 6.29 Å². The zero-order chi connectivity index (χ0) is 33.7. The Balaban J connectivity index is 1.24. The minimum absolute atomic E-state index is 0.0131. The number of nitrogens with one attached hydrogen (secondary N) is 2. The number of aliphatic hydroxyl groups excluding tert-OH is 1. The second-order valence-electron chi connectivity index (χ2n) is 11.9. The molecule has 1 aromatic heterocycles. The molecule has 3 unspecified atom stereocenters. The number of aliphatic hydroxyl groups is 1. The van der Waals surface area contributed by atoms with Gasteiger partial charge in [0.1, 0.15) is 0 Å². The number of ether oxygens (including phenoxy) is 2. The first-order valence-electron chi connectivity index (χ1n) is 16.4. The van der Waals surface area contributed by atoms with Crippen LogP contribution in [0.3, 0.4) is 0 Å². The Morgan fingerprint density at radius 2 is 1.67 bits per heavy atom. The van der Waals surface area contributed by atoms with E-state index in [1.165, 1.54) is 24.9 Å². The van der Waals surface area contributed by atoms with Gasteiger partial charge in [0.25, 0.3) is 5.03 Å². The molecule has 9 nitrogen and oxygen atoms in total. The highest BCUT2D eigenvalue weighted by Gasteiger charge is 2.33. The predicted molar refractivity (Wildman–Crippen MR) is 185 cm³/mol. The zero-order valence-corrected chi connectivity index (χ0v) is 28.0. The van der Waals surface area contributed by atoms with Crippen LogP contribution in [0.1, 0.15) is 73.7 Å². The maximum absolute atomic E-state index is 12.4. The summed E-state index contributed by atoms with van der Waals surface area (Å²) in [4.78, 5) is 23.4. The molecule has 5 rings (SSSR count). The van der Waals surface area contributed by atoms with Gasteiger partial charge in [-0.15, -0.1) is 0 Å². The van der Waals surface area contributed by atoms with Gasteiger partial charge in [-0.3, -0.25) is 9.59 Å². The van der Waals surface area contributed by atoms with Crippen LogP contribution in [-0.4, -0.2) is 35.3 Å². The van der Waals surface area contributed by atoms with Gasteiger partial charge < -0.3 is 30.4 Å². The fourth-order valence-electron chi connectivity index (χ4n) is 5.59. The third kappa shape index (κ3) is 10.4. The third-order valence-electron chi connectivity index (χ3n) is 8.18. The molecule has 0 bridgehead atoms. The highest BCUT2D eigenvalue weighted by atomic mass is 32.2. The van der Waals surface area contributed by atoms with Gasteiger partial charge in [0.15, 0.2) is 12.5 Å². The first-order chi connectivity index (χ1) is 23.4. The Kier molecular flexibility index (Phi) is 13.0. The molecule has 1 aliphatic heterocycles. The summed E-state index contributed by atoms with van der Waals surface area (Å²) >= 11 is 1.46. The minimum atomic E-state index is -0.623. The van der Waals surface area contributed by atoms with Crippen LogP contribution in [0.5, 0.6) is 0 Å². The monoisotopic (exact) mass is 669 g/mol. The first kappa shape index (κ1) is 35.1. The van der Waals surface area contributed by atoms with Crippen molar-refractivity contribution in [2.24, 2.45) is 0 Å². The van der Waals surface area contributed by atoms with Crippen molar-refractivity contribution in [2.75, 3.05) is 12.3 Å². The molecule has 1 aliphatic rings. The van der Waals surface area contributed by atoms with Gasteiger partial charge in [-0.25, -0.2) is 0 Å². The number of pyridine rings is 1. The largest absolute Gasteiger partial charge is 0.618 e. The summed E-state index contributed by atoms with van der Waals surface area (Å²) < 4.78 is 13.9. The molecular weight excluding hydrogens is 627 g/mol. The Hall–Kier alpha value is -4.22. The SMILES string of the molecule is CC(=O)NCCCCCC(=O)NCc1cccc(-c2cccc(C3OC(CSc4cccc[n+]4[O-])CC(c4ccc(CO)cc4)O3)c2)c1. The third-order valence-corrected chi connectivity index (χ3v) is 9.33. The molecular formula is C38H43N3O6S. The molecule has 4 aromatic rings. The van der Waals surface area contributed by atoms with E-state index in [2.05, 4.69) is 22.8 Å². The lowest BCUT2D eigenvalue weighted by molar-refractivity contribution is -0.645. The van der Waals surface area contributed by atoms with Crippen LogP contribution >= 0.6 is 11.8 Å². The van der Waals surface area contributed by atoms with Crippen molar-refractivity contribution in [3.8, 4) is 11.1 Å². The Morgan fingerprint density at radius 3 is 2.44 bits per heavy atom. The van der Waals surface area contributed by atoms with E-state index in [9.17, 15) is 19.9 Å². The van der Waals surface area contributed by atoms with Crippen molar-refractivity contribution in [3.63, 3.8) is 0 Å². The molecule has 10 heteroatoms. The van der Waals surface area contributed by atoms with E-state index >= 15 is 0 Å². The van der Waals surface area contributed by atoms with Crippen LogP contribution < -0.4 is 15.4 Å². The summed E-state index contributed by atoms with van der Waals surface area (Å²) in [6.07, 6.45) is 4.07. The number of rotatable bonds is 15. The van der Waals surface area contributed by atoms with Crippen LogP contribution in [0.2, 0.25) is 0 Å². The van der Waals surface area contributed by atoms with Gasteiger partial charge in [0.05, 0.1) is 18.8 Å². The lowest BCUT2D eigenvalue weighted by atomic mass is 9.99. The van der Waals surface area contributed by atoms with Crippen molar-refractivity contribution < 1.29 is 28.9 Å². The summed E-state index contributed by atoms with van der Waals surface area (Å²) in [5.41, 5.74) is 5.75. The molecule has 0 spiro atoms. The normalized spacial score (nSPS) is 17.5. The van der Waals surface area contributed by atoms with Crippen molar-refractivity contribution >= 4 is 23.6 Å². The molecule has 0 radical (unpaired) electrons. The van der Waals surface area contributed by atoms with Gasteiger partial charge in [-0.05, 0) is 58.9 Å². The lowest BCUT2D eigenvalue weighted by Crippen LogP contribution is -2.32. The van der Waals surface area contributed by atoms with E-state index in [-0.39, 0.29) is 30.6 Å². The zero-order valence-electron chi connectivity index (χ0n) is 27.2. The fourth-order valence-corrected chi connectivity index (χ4v) is 6.53. The Bertz CT molecular complexity index is 1650. The summed E-state index contributed by atoms with van der Waals surface area (Å²) in [6.45, 7) is 2.56. The first-order valence-corrected chi connectivity index (χ1v) is 17.4. The molecule has 2 heterocycles. The van der Waals surface area contributed by atoms with Gasteiger partial charge in [0, 0.05) is 56.3 Å². The van der Waals surface area contributed by atoms with E-state index in [1.807, 2.05) is 66.7 Å². The molecule has 3 N–H and O–H groups in total. The van der Waals surface area contributed by atoms with E-state index in [4.69, 9.17) is 9.47 Å². The molecule has 0 aliphatic carbocycles. The average molecular weight is 670 g/mol.